The number of thiazole rings is 1. The van der Waals surface area contributed by atoms with Crippen molar-refractivity contribution in [2.75, 3.05) is 12.4 Å². The Kier molecular flexibility index (Phi) is 4.14. The number of rotatable bonds is 4. The summed E-state index contributed by atoms with van der Waals surface area (Å²) in [5, 5.41) is 6.23. The quantitative estimate of drug-likeness (QED) is 0.524. The lowest BCUT2D eigenvalue weighted by molar-refractivity contribution is 0.414. The number of halogens is 1. The molecule has 130 valence electrons. The minimum absolute atomic E-state index is 0.305. The molecule has 0 saturated carbocycles. The van der Waals surface area contributed by atoms with E-state index < -0.39 is 5.63 Å². The van der Waals surface area contributed by atoms with Crippen LogP contribution in [0.2, 0.25) is 0 Å². The molecule has 0 unspecified atom stereocenters. The van der Waals surface area contributed by atoms with E-state index in [1.165, 1.54) is 23.5 Å². The molecule has 2 aromatic carbocycles. The van der Waals surface area contributed by atoms with E-state index in [1.54, 1.807) is 42.8 Å². The first-order valence-corrected chi connectivity index (χ1v) is 8.61. The van der Waals surface area contributed by atoms with Crippen molar-refractivity contribution in [1.29, 1.82) is 0 Å². The Morgan fingerprint density at radius 3 is 2.73 bits per heavy atom. The molecule has 0 aliphatic heterocycles. The number of benzene rings is 2. The van der Waals surface area contributed by atoms with E-state index in [-0.39, 0.29) is 5.82 Å². The number of nitrogens with one attached hydrogen (secondary N) is 1. The van der Waals surface area contributed by atoms with E-state index in [1.807, 2.05) is 6.07 Å². The van der Waals surface area contributed by atoms with Crippen LogP contribution in [0.3, 0.4) is 0 Å². The topological polar surface area (TPSA) is 64.4 Å². The normalized spacial score (nSPS) is 10.8. The number of aromatic nitrogens is 1. The maximum absolute atomic E-state index is 13.0. The fourth-order valence-electron chi connectivity index (χ4n) is 2.51. The molecule has 0 spiro atoms. The Labute approximate surface area is 151 Å². The molecule has 26 heavy (non-hydrogen) atoms. The predicted octanol–water partition coefficient (Wildman–Crippen LogP) is 4.81. The molecule has 4 aromatic rings. The molecule has 0 bridgehead atoms. The van der Waals surface area contributed by atoms with E-state index in [4.69, 9.17) is 9.15 Å². The van der Waals surface area contributed by atoms with E-state index in [9.17, 15) is 9.18 Å². The maximum atomic E-state index is 13.0. The van der Waals surface area contributed by atoms with Crippen LogP contribution in [0.1, 0.15) is 0 Å². The molecule has 1 N–H and O–H groups in total. The third-order valence-electron chi connectivity index (χ3n) is 3.82. The Balaban J connectivity index is 1.67. The van der Waals surface area contributed by atoms with Crippen molar-refractivity contribution >= 4 is 33.1 Å². The number of hydrogen-bond donors (Lipinski definition) is 1. The van der Waals surface area contributed by atoms with Gasteiger partial charge >= 0.3 is 5.63 Å². The summed E-state index contributed by atoms with van der Waals surface area (Å²) in [6, 6.07) is 13.0. The van der Waals surface area contributed by atoms with Crippen molar-refractivity contribution in [2.24, 2.45) is 0 Å². The van der Waals surface area contributed by atoms with Crippen molar-refractivity contribution in [3.8, 4) is 17.0 Å². The highest BCUT2D eigenvalue weighted by Crippen LogP contribution is 2.28. The molecule has 0 aliphatic rings. The molecule has 4 rings (SSSR count). The van der Waals surface area contributed by atoms with Crippen molar-refractivity contribution in [3.63, 3.8) is 0 Å². The highest BCUT2D eigenvalue weighted by molar-refractivity contribution is 7.14. The summed E-state index contributed by atoms with van der Waals surface area (Å²) in [6.45, 7) is 0. The predicted molar refractivity (Wildman–Crippen MR) is 99.8 cm³/mol. The van der Waals surface area contributed by atoms with Gasteiger partial charge in [-0.2, -0.15) is 0 Å². The van der Waals surface area contributed by atoms with Gasteiger partial charge in [-0.25, -0.2) is 14.2 Å². The molecule has 2 heterocycles. The molecule has 2 aromatic heterocycles. The lowest BCUT2D eigenvalue weighted by Gasteiger charge is -2.03. The molecular weight excluding hydrogens is 355 g/mol. The smallest absolute Gasteiger partial charge is 0.345 e. The standard InChI is InChI=1S/C19H13FN2O3S/c1-24-14-7-2-11-8-15(18(23)25-17(11)9-14)16-10-26-19(22-16)21-13-5-3-12(20)4-6-13/h2-10H,1H3,(H,21,22). The summed E-state index contributed by atoms with van der Waals surface area (Å²) in [4.78, 5) is 16.8. The second-order valence-corrected chi connectivity index (χ2v) is 6.38. The Morgan fingerprint density at radius 1 is 1.15 bits per heavy atom. The highest BCUT2D eigenvalue weighted by Gasteiger charge is 2.12. The average Bonchev–Trinajstić information content (AvgIpc) is 3.10. The molecule has 0 fully saturated rings. The van der Waals surface area contributed by atoms with Gasteiger partial charge in [-0.15, -0.1) is 11.3 Å². The van der Waals surface area contributed by atoms with Crippen LogP contribution in [-0.4, -0.2) is 12.1 Å². The van der Waals surface area contributed by atoms with Gasteiger partial charge in [0.05, 0.1) is 18.4 Å². The van der Waals surface area contributed by atoms with Gasteiger partial charge in [0.1, 0.15) is 17.1 Å². The largest absolute Gasteiger partial charge is 0.497 e. The van der Waals surface area contributed by atoms with Crippen molar-refractivity contribution < 1.29 is 13.5 Å². The number of hydrogen-bond acceptors (Lipinski definition) is 6. The fourth-order valence-corrected chi connectivity index (χ4v) is 3.24. The average molecular weight is 368 g/mol. The van der Waals surface area contributed by atoms with Gasteiger partial charge in [0.25, 0.3) is 0 Å². The first kappa shape index (κ1) is 16.3. The Morgan fingerprint density at radius 2 is 1.96 bits per heavy atom. The van der Waals surface area contributed by atoms with Gasteiger partial charge in [-0.05, 0) is 42.5 Å². The molecule has 0 atom stereocenters. The molecule has 7 heteroatoms. The van der Waals surface area contributed by atoms with E-state index >= 15 is 0 Å². The third-order valence-corrected chi connectivity index (χ3v) is 4.58. The van der Waals surface area contributed by atoms with Gasteiger partial charge in [0, 0.05) is 22.5 Å². The summed E-state index contributed by atoms with van der Waals surface area (Å²) in [5.41, 5.74) is 1.60. The van der Waals surface area contributed by atoms with Crippen molar-refractivity contribution in [2.45, 2.75) is 0 Å². The first-order valence-electron chi connectivity index (χ1n) is 7.73. The zero-order valence-electron chi connectivity index (χ0n) is 13.7. The summed E-state index contributed by atoms with van der Waals surface area (Å²) in [6.07, 6.45) is 0. The molecular formula is C19H13FN2O3S. The zero-order valence-corrected chi connectivity index (χ0v) is 14.5. The van der Waals surface area contributed by atoms with Crippen LogP contribution in [-0.2, 0) is 0 Å². The summed E-state index contributed by atoms with van der Waals surface area (Å²) < 4.78 is 23.5. The zero-order chi connectivity index (χ0) is 18.1. The molecule has 0 aliphatic carbocycles. The van der Waals surface area contributed by atoms with Crippen molar-refractivity contribution in [1.82, 2.24) is 4.98 Å². The molecule has 0 radical (unpaired) electrons. The fraction of sp³-hybridized carbons (Fsp3) is 0.0526. The van der Waals surface area contributed by atoms with Gasteiger partial charge in [-0.1, -0.05) is 0 Å². The molecule has 5 nitrogen and oxygen atoms in total. The second-order valence-electron chi connectivity index (χ2n) is 5.52. The first-order chi connectivity index (χ1) is 12.6. The summed E-state index contributed by atoms with van der Waals surface area (Å²) in [7, 11) is 1.55. The molecule has 0 saturated heterocycles. The monoisotopic (exact) mass is 368 g/mol. The second kappa shape index (κ2) is 6.61. The number of ether oxygens (including phenoxy) is 1. The van der Waals surface area contributed by atoms with E-state index in [0.717, 1.165) is 5.39 Å². The van der Waals surface area contributed by atoms with Crippen LogP contribution >= 0.6 is 11.3 Å². The van der Waals surface area contributed by atoms with Crippen LogP contribution in [0.15, 0.2) is 63.1 Å². The van der Waals surface area contributed by atoms with Gasteiger partial charge in [-0.3, -0.25) is 0 Å². The summed E-state index contributed by atoms with van der Waals surface area (Å²) >= 11 is 1.35. The van der Waals surface area contributed by atoms with Crippen LogP contribution in [0.5, 0.6) is 5.75 Å². The summed E-state index contributed by atoms with van der Waals surface area (Å²) in [5.74, 6) is 0.314. The maximum Gasteiger partial charge on any atom is 0.345 e. The van der Waals surface area contributed by atoms with E-state index in [0.29, 0.717) is 33.4 Å². The van der Waals surface area contributed by atoms with Crippen LogP contribution in [0, 0.1) is 5.82 Å². The van der Waals surface area contributed by atoms with Crippen molar-refractivity contribution in [3.05, 3.63) is 70.1 Å². The van der Waals surface area contributed by atoms with Crippen LogP contribution < -0.4 is 15.7 Å². The van der Waals surface area contributed by atoms with Crippen LogP contribution in [0.4, 0.5) is 15.2 Å². The van der Waals surface area contributed by atoms with Gasteiger partial charge in [0.15, 0.2) is 5.13 Å². The van der Waals surface area contributed by atoms with E-state index in [2.05, 4.69) is 10.3 Å². The lowest BCUT2D eigenvalue weighted by atomic mass is 10.1. The molecule has 0 amide bonds. The Bertz CT molecular complexity index is 1140. The number of fused-ring (bicyclic) bond motifs is 1. The lowest BCUT2D eigenvalue weighted by Crippen LogP contribution is -2.03. The third kappa shape index (κ3) is 3.16. The number of methoxy groups -OCH3 is 1. The minimum Gasteiger partial charge on any atom is -0.497 e. The van der Waals surface area contributed by atoms with Crippen LogP contribution in [0.25, 0.3) is 22.2 Å². The SMILES string of the molecule is COc1ccc2cc(-c3csc(Nc4ccc(F)cc4)n3)c(=O)oc2c1. The van der Waals surface area contributed by atoms with Gasteiger partial charge < -0.3 is 14.5 Å². The minimum atomic E-state index is -0.468. The van der Waals surface area contributed by atoms with Gasteiger partial charge in [0.2, 0.25) is 0 Å². The number of anilines is 2. The Hall–Kier alpha value is -3.19. The number of nitrogens with zero attached hydrogens (tertiary/aromatic N) is 1. The highest BCUT2D eigenvalue weighted by atomic mass is 32.1.